The molecule has 0 unspecified atom stereocenters. The van der Waals surface area contributed by atoms with Crippen LogP contribution in [0.1, 0.15) is 31.7 Å². The average Bonchev–Trinajstić information content (AvgIpc) is 2.98. The Morgan fingerprint density at radius 1 is 1.25 bits per heavy atom. The molecule has 1 aromatic rings. The lowest BCUT2D eigenvalue weighted by Crippen LogP contribution is -2.43. The van der Waals surface area contributed by atoms with Crippen LogP contribution in [0.4, 0.5) is 0 Å². The number of hydrogen-bond donors (Lipinski definition) is 0. The molecule has 2 amide bonds. The molecule has 2 aliphatic rings. The lowest BCUT2D eigenvalue weighted by molar-refractivity contribution is -0.136. The van der Waals surface area contributed by atoms with Crippen LogP contribution in [0.2, 0.25) is 0 Å². The summed E-state index contributed by atoms with van der Waals surface area (Å²) in [4.78, 5) is 29.6. The van der Waals surface area contributed by atoms with Crippen molar-refractivity contribution in [1.82, 2.24) is 9.80 Å². The first-order valence-electron chi connectivity index (χ1n) is 8.87. The number of benzene rings is 1. The van der Waals surface area contributed by atoms with E-state index >= 15 is 0 Å². The van der Waals surface area contributed by atoms with E-state index in [9.17, 15) is 9.59 Å². The van der Waals surface area contributed by atoms with E-state index in [1.54, 1.807) is 4.90 Å². The first-order chi connectivity index (χ1) is 11.6. The van der Waals surface area contributed by atoms with Gasteiger partial charge in [0, 0.05) is 42.7 Å². The van der Waals surface area contributed by atoms with E-state index in [0.717, 1.165) is 25.9 Å². The molecule has 2 aliphatic heterocycles. The van der Waals surface area contributed by atoms with Crippen molar-refractivity contribution in [3.63, 3.8) is 0 Å². The van der Waals surface area contributed by atoms with E-state index in [0.29, 0.717) is 24.8 Å². The Morgan fingerprint density at radius 2 is 1.96 bits per heavy atom. The standard InChI is InChI=1S/C19H26N2O2S/c1-3-20-13-15(12-18(20)22)19(23)21-10-8-16(9-11-21)24-17-7-5-4-6-14(17)2/h4-7,15-16H,3,8-13H2,1-2H3/t15-/m0/s1. The Kier molecular flexibility index (Phi) is 5.49. The molecular weight excluding hydrogens is 320 g/mol. The highest BCUT2D eigenvalue weighted by atomic mass is 32.2. The van der Waals surface area contributed by atoms with Crippen molar-refractivity contribution in [2.24, 2.45) is 5.92 Å². The molecule has 0 aromatic heterocycles. The smallest absolute Gasteiger partial charge is 0.227 e. The number of nitrogens with zero attached hydrogens (tertiary/aromatic N) is 2. The second-order valence-electron chi connectivity index (χ2n) is 6.74. The summed E-state index contributed by atoms with van der Waals surface area (Å²) >= 11 is 1.94. The summed E-state index contributed by atoms with van der Waals surface area (Å²) in [5.74, 6) is 0.178. The van der Waals surface area contributed by atoms with E-state index in [-0.39, 0.29) is 17.7 Å². The molecule has 0 radical (unpaired) electrons. The molecule has 0 bridgehead atoms. The van der Waals surface area contributed by atoms with Gasteiger partial charge in [-0.25, -0.2) is 0 Å². The van der Waals surface area contributed by atoms with Gasteiger partial charge in [0.05, 0.1) is 5.92 Å². The fraction of sp³-hybridized carbons (Fsp3) is 0.579. The monoisotopic (exact) mass is 346 g/mol. The van der Waals surface area contributed by atoms with Crippen LogP contribution in [0, 0.1) is 12.8 Å². The summed E-state index contributed by atoms with van der Waals surface area (Å²) in [5.41, 5.74) is 1.32. The molecule has 1 aromatic carbocycles. The first kappa shape index (κ1) is 17.3. The molecule has 0 spiro atoms. The van der Waals surface area contributed by atoms with Crippen LogP contribution in [0.5, 0.6) is 0 Å². The fourth-order valence-corrected chi connectivity index (χ4v) is 4.78. The number of hydrogen-bond acceptors (Lipinski definition) is 3. The van der Waals surface area contributed by atoms with Crippen molar-refractivity contribution >= 4 is 23.6 Å². The third kappa shape index (κ3) is 3.77. The summed E-state index contributed by atoms with van der Waals surface area (Å²) in [6.07, 6.45) is 2.45. The normalized spacial score (nSPS) is 22.2. The first-order valence-corrected chi connectivity index (χ1v) is 9.75. The van der Waals surface area contributed by atoms with Gasteiger partial charge in [-0.3, -0.25) is 9.59 Å². The third-order valence-electron chi connectivity index (χ3n) is 5.09. The summed E-state index contributed by atoms with van der Waals surface area (Å²) < 4.78 is 0. The zero-order valence-corrected chi connectivity index (χ0v) is 15.3. The van der Waals surface area contributed by atoms with Crippen LogP contribution in [0.3, 0.4) is 0 Å². The number of rotatable bonds is 4. The SMILES string of the molecule is CCN1C[C@@H](C(=O)N2CCC(Sc3ccccc3C)CC2)CC1=O. The summed E-state index contributed by atoms with van der Waals surface area (Å²) in [6, 6.07) is 8.49. The molecule has 3 rings (SSSR count). The number of likely N-dealkylation sites (tertiary alicyclic amines) is 2. The van der Waals surface area contributed by atoms with Crippen molar-refractivity contribution in [1.29, 1.82) is 0 Å². The third-order valence-corrected chi connectivity index (χ3v) is 6.60. The van der Waals surface area contributed by atoms with Gasteiger partial charge in [-0.2, -0.15) is 0 Å². The molecule has 4 nitrogen and oxygen atoms in total. The molecule has 2 heterocycles. The molecule has 0 N–H and O–H groups in total. The molecule has 0 saturated carbocycles. The van der Waals surface area contributed by atoms with E-state index in [1.165, 1.54) is 10.5 Å². The zero-order chi connectivity index (χ0) is 17.1. The largest absolute Gasteiger partial charge is 0.342 e. The molecule has 0 aliphatic carbocycles. The van der Waals surface area contributed by atoms with Crippen molar-refractivity contribution < 1.29 is 9.59 Å². The van der Waals surface area contributed by atoms with Gasteiger partial charge in [-0.1, -0.05) is 18.2 Å². The van der Waals surface area contributed by atoms with Gasteiger partial charge in [0.15, 0.2) is 0 Å². The highest BCUT2D eigenvalue weighted by Crippen LogP contribution is 2.33. The minimum absolute atomic E-state index is 0.126. The van der Waals surface area contributed by atoms with Gasteiger partial charge in [-0.05, 0) is 38.3 Å². The van der Waals surface area contributed by atoms with Gasteiger partial charge in [0.25, 0.3) is 0 Å². The van der Waals surface area contributed by atoms with Crippen LogP contribution >= 0.6 is 11.8 Å². The topological polar surface area (TPSA) is 40.6 Å². The van der Waals surface area contributed by atoms with Gasteiger partial charge in [0.1, 0.15) is 0 Å². The van der Waals surface area contributed by atoms with Crippen LogP contribution in [-0.2, 0) is 9.59 Å². The van der Waals surface area contributed by atoms with Crippen molar-refractivity contribution in [3.8, 4) is 0 Å². The minimum atomic E-state index is -0.127. The van der Waals surface area contributed by atoms with E-state index < -0.39 is 0 Å². The number of carbonyl (C=O) groups is 2. The molecule has 2 fully saturated rings. The lowest BCUT2D eigenvalue weighted by Gasteiger charge is -2.33. The van der Waals surface area contributed by atoms with Crippen LogP contribution in [0.15, 0.2) is 29.2 Å². The van der Waals surface area contributed by atoms with E-state index in [2.05, 4.69) is 31.2 Å². The van der Waals surface area contributed by atoms with E-state index in [4.69, 9.17) is 0 Å². The molecule has 1 atom stereocenters. The minimum Gasteiger partial charge on any atom is -0.342 e. The molecule has 130 valence electrons. The highest BCUT2D eigenvalue weighted by molar-refractivity contribution is 8.00. The Bertz CT molecular complexity index is 611. The predicted octanol–water partition coefficient (Wildman–Crippen LogP) is 2.95. The van der Waals surface area contributed by atoms with Gasteiger partial charge < -0.3 is 9.80 Å². The second kappa shape index (κ2) is 7.60. The average molecular weight is 346 g/mol. The summed E-state index contributed by atoms with van der Waals surface area (Å²) in [6.45, 7) is 7.07. The zero-order valence-electron chi connectivity index (χ0n) is 14.5. The van der Waals surface area contributed by atoms with Crippen molar-refractivity contribution in [2.75, 3.05) is 26.2 Å². The number of thioether (sulfide) groups is 1. The van der Waals surface area contributed by atoms with Crippen LogP contribution in [0.25, 0.3) is 0 Å². The predicted molar refractivity (Wildman–Crippen MR) is 97.0 cm³/mol. The maximum absolute atomic E-state index is 12.7. The van der Waals surface area contributed by atoms with E-state index in [1.807, 2.05) is 23.6 Å². The van der Waals surface area contributed by atoms with Crippen molar-refractivity contribution in [3.05, 3.63) is 29.8 Å². The maximum atomic E-state index is 12.7. The Morgan fingerprint density at radius 3 is 2.58 bits per heavy atom. The van der Waals surface area contributed by atoms with Crippen molar-refractivity contribution in [2.45, 2.75) is 43.3 Å². The van der Waals surface area contributed by atoms with Crippen LogP contribution in [-0.4, -0.2) is 53.0 Å². The number of aryl methyl sites for hydroxylation is 1. The fourth-order valence-electron chi connectivity index (χ4n) is 3.56. The molecule has 24 heavy (non-hydrogen) atoms. The Balaban J connectivity index is 1.51. The van der Waals surface area contributed by atoms with Gasteiger partial charge in [0.2, 0.25) is 11.8 Å². The highest BCUT2D eigenvalue weighted by Gasteiger charge is 2.36. The second-order valence-corrected chi connectivity index (χ2v) is 8.08. The molecule has 5 heteroatoms. The maximum Gasteiger partial charge on any atom is 0.227 e. The number of amides is 2. The molecule has 2 saturated heterocycles. The lowest BCUT2D eigenvalue weighted by atomic mass is 10.0. The summed E-state index contributed by atoms with van der Waals surface area (Å²) in [7, 11) is 0. The van der Waals surface area contributed by atoms with Crippen LogP contribution < -0.4 is 0 Å². The quantitative estimate of drug-likeness (QED) is 0.842. The van der Waals surface area contributed by atoms with Gasteiger partial charge in [-0.15, -0.1) is 11.8 Å². The number of carbonyl (C=O) groups excluding carboxylic acids is 2. The van der Waals surface area contributed by atoms with Gasteiger partial charge >= 0.3 is 0 Å². The number of piperidine rings is 1. The Labute approximate surface area is 148 Å². The Hall–Kier alpha value is -1.49. The summed E-state index contributed by atoms with van der Waals surface area (Å²) in [5, 5.41) is 0.576. The molecular formula is C19H26N2O2S.